The van der Waals surface area contributed by atoms with E-state index < -0.39 is 3.79 Å². The van der Waals surface area contributed by atoms with E-state index in [4.69, 9.17) is 44.4 Å². The van der Waals surface area contributed by atoms with E-state index in [0.717, 1.165) is 5.56 Å². The van der Waals surface area contributed by atoms with E-state index in [-0.39, 0.29) is 6.61 Å². The quantitative estimate of drug-likeness (QED) is 0.859. The van der Waals surface area contributed by atoms with Gasteiger partial charge in [-0.05, 0) is 0 Å². The van der Waals surface area contributed by atoms with Gasteiger partial charge in [0.15, 0.2) is 5.76 Å². The summed E-state index contributed by atoms with van der Waals surface area (Å²) in [5.41, 5.74) is 2.04. The molecule has 0 saturated carbocycles. The van der Waals surface area contributed by atoms with Crippen molar-refractivity contribution < 1.29 is 9.63 Å². The molecular weight excluding hydrogens is 284 g/mol. The van der Waals surface area contributed by atoms with Crippen LogP contribution in [0.25, 0.3) is 11.3 Å². The zero-order valence-electron chi connectivity index (χ0n) is 8.53. The molecule has 0 aliphatic heterocycles. The lowest BCUT2D eigenvalue weighted by Crippen LogP contribution is -1.98. The standard InChI is InChI=1S/C11H8Cl3NO2/c12-11(13,14)8-3-1-7(2-4-8)10-5-9(6-16)17-15-10/h1-5,16H,6H2. The second kappa shape index (κ2) is 4.86. The Labute approximate surface area is 113 Å². The van der Waals surface area contributed by atoms with E-state index >= 15 is 0 Å². The van der Waals surface area contributed by atoms with Crippen LogP contribution < -0.4 is 0 Å². The van der Waals surface area contributed by atoms with Gasteiger partial charge >= 0.3 is 0 Å². The van der Waals surface area contributed by atoms with Gasteiger partial charge in [-0.25, -0.2) is 0 Å². The van der Waals surface area contributed by atoms with E-state index in [9.17, 15) is 0 Å². The van der Waals surface area contributed by atoms with Crippen LogP contribution in [0.1, 0.15) is 11.3 Å². The summed E-state index contributed by atoms with van der Waals surface area (Å²) in [5, 5.41) is 12.7. The highest BCUT2D eigenvalue weighted by Crippen LogP contribution is 2.38. The van der Waals surface area contributed by atoms with E-state index in [1.807, 2.05) is 0 Å². The third kappa shape index (κ3) is 2.93. The number of halogens is 3. The van der Waals surface area contributed by atoms with Crippen molar-refractivity contribution in [2.75, 3.05) is 0 Å². The Morgan fingerprint density at radius 2 is 1.82 bits per heavy atom. The van der Waals surface area contributed by atoms with E-state index in [0.29, 0.717) is 17.0 Å². The van der Waals surface area contributed by atoms with Gasteiger partial charge in [-0.2, -0.15) is 0 Å². The Morgan fingerprint density at radius 1 is 1.18 bits per heavy atom. The maximum absolute atomic E-state index is 8.86. The Bertz CT molecular complexity index is 502. The molecule has 1 aromatic heterocycles. The first-order valence-corrected chi connectivity index (χ1v) is 5.88. The average molecular weight is 293 g/mol. The number of hydrogen-bond acceptors (Lipinski definition) is 3. The molecule has 0 bridgehead atoms. The summed E-state index contributed by atoms with van der Waals surface area (Å²) in [7, 11) is 0. The van der Waals surface area contributed by atoms with Crippen LogP contribution in [0.2, 0.25) is 0 Å². The number of benzene rings is 1. The second-order valence-corrected chi connectivity index (χ2v) is 5.69. The SMILES string of the molecule is OCc1cc(-c2ccc(C(Cl)(Cl)Cl)cc2)no1. The van der Waals surface area contributed by atoms with Crippen LogP contribution in [0.15, 0.2) is 34.9 Å². The monoisotopic (exact) mass is 291 g/mol. The molecule has 0 amide bonds. The fourth-order valence-electron chi connectivity index (χ4n) is 1.35. The minimum absolute atomic E-state index is 0.181. The highest BCUT2D eigenvalue weighted by molar-refractivity contribution is 6.66. The Balaban J connectivity index is 2.29. The molecule has 2 rings (SSSR count). The molecule has 1 aromatic carbocycles. The lowest BCUT2D eigenvalue weighted by Gasteiger charge is -2.10. The molecule has 0 aliphatic rings. The van der Waals surface area contributed by atoms with Gasteiger partial charge in [-0.15, -0.1) is 0 Å². The van der Waals surface area contributed by atoms with Crippen LogP contribution in [0, 0.1) is 0 Å². The summed E-state index contributed by atoms with van der Waals surface area (Å²) in [6.07, 6.45) is 0. The average Bonchev–Trinajstić information content (AvgIpc) is 2.76. The Hall–Kier alpha value is -0.740. The normalized spacial score (nSPS) is 11.8. The summed E-state index contributed by atoms with van der Waals surface area (Å²) < 4.78 is 3.46. The third-order valence-electron chi connectivity index (χ3n) is 2.22. The van der Waals surface area contributed by atoms with E-state index in [1.54, 1.807) is 30.3 Å². The first-order valence-electron chi connectivity index (χ1n) is 4.75. The zero-order valence-corrected chi connectivity index (χ0v) is 10.8. The largest absolute Gasteiger partial charge is 0.388 e. The lowest BCUT2D eigenvalue weighted by atomic mass is 10.1. The molecule has 90 valence electrons. The number of aliphatic hydroxyl groups excluding tert-OH is 1. The van der Waals surface area contributed by atoms with E-state index in [2.05, 4.69) is 5.16 Å². The molecule has 0 radical (unpaired) electrons. The summed E-state index contributed by atoms with van der Waals surface area (Å²) >= 11 is 17.2. The van der Waals surface area contributed by atoms with Crippen LogP contribution in [-0.4, -0.2) is 10.3 Å². The van der Waals surface area contributed by atoms with Crippen molar-refractivity contribution in [1.29, 1.82) is 0 Å². The number of aliphatic hydroxyl groups is 1. The molecule has 0 saturated heterocycles. The molecule has 0 aliphatic carbocycles. The van der Waals surface area contributed by atoms with Crippen LogP contribution >= 0.6 is 34.8 Å². The lowest BCUT2D eigenvalue weighted by molar-refractivity contribution is 0.229. The maximum Gasteiger partial charge on any atom is 0.216 e. The summed E-state index contributed by atoms with van der Waals surface area (Å²) in [4.78, 5) is 0. The second-order valence-electron chi connectivity index (χ2n) is 3.41. The van der Waals surface area contributed by atoms with Gasteiger partial charge in [0, 0.05) is 17.2 Å². The fourth-order valence-corrected chi connectivity index (χ4v) is 1.73. The van der Waals surface area contributed by atoms with Crippen molar-refractivity contribution in [3.63, 3.8) is 0 Å². The minimum Gasteiger partial charge on any atom is -0.388 e. The molecule has 0 fully saturated rings. The van der Waals surface area contributed by atoms with Crippen molar-refractivity contribution in [2.24, 2.45) is 0 Å². The molecule has 3 nitrogen and oxygen atoms in total. The molecule has 0 unspecified atom stereocenters. The molecule has 0 atom stereocenters. The van der Waals surface area contributed by atoms with Crippen molar-refractivity contribution >= 4 is 34.8 Å². The number of alkyl halides is 3. The van der Waals surface area contributed by atoms with Gasteiger partial charge in [0.2, 0.25) is 3.79 Å². The molecule has 6 heteroatoms. The van der Waals surface area contributed by atoms with Gasteiger partial charge in [0.1, 0.15) is 12.3 Å². The first-order chi connectivity index (χ1) is 8.00. The van der Waals surface area contributed by atoms with Gasteiger partial charge in [0.05, 0.1) is 0 Å². The minimum atomic E-state index is -1.43. The predicted molar refractivity (Wildman–Crippen MR) is 67.1 cm³/mol. The van der Waals surface area contributed by atoms with Gasteiger partial charge in [-0.1, -0.05) is 64.2 Å². The molecule has 17 heavy (non-hydrogen) atoms. The van der Waals surface area contributed by atoms with Gasteiger partial charge in [0.25, 0.3) is 0 Å². The van der Waals surface area contributed by atoms with E-state index in [1.165, 1.54) is 0 Å². The Morgan fingerprint density at radius 3 is 2.29 bits per heavy atom. The van der Waals surface area contributed by atoms with Crippen molar-refractivity contribution in [2.45, 2.75) is 10.4 Å². The van der Waals surface area contributed by atoms with Crippen molar-refractivity contribution in [1.82, 2.24) is 5.16 Å². The number of hydrogen-bond donors (Lipinski definition) is 1. The topological polar surface area (TPSA) is 46.3 Å². The summed E-state index contributed by atoms with van der Waals surface area (Å²) in [5.74, 6) is 0.408. The number of nitrogens with zero attached hydrogens (tertiary/aromatic N) is 1. The number of rotatable bonds is 2. The van der Waals surface area contributed by atoms with Crippen molar-refractivity contribution in [3.8, 4) is 11.3 Å². The highest BCUT2D eigenvalue weighted by atomic mass is 35.6. The summed E-state index contributed by atoms with van der Waals surface area (Å²) in [6.45, 7) is -0.181. The third-order valence-corrected chi connectivity index (χ3v) is 2.88. The van der Waals surface area contributed by atoms with Crippen LogP contribution in [-0.2, 0) is 10.4 Å². The van der Waals surface area contributed by atoms with Crippen LogP contribution in [0.5, 0.6) is 0 Å². The van der Waals surface area contributed by atoms with Gasteiger partial charge in [-0.3, -0.25) is 0 Å². The highest BCUT2D eigenvalue weighted by Gasteiger charge is 2.22. The Kier molecular flexibility index (Phi) is 3.64. The van der Waals surface area contributed by atoms with Crippen LogP contribution in [0.4, 0.5) is 0 Å². The van der Waals surface area contributed by atoms with Crippen molar-refractivity contribution in [3.05, 3.63) is 41.7 Å². The fraction of sp³-hybridized carbons (Fsp3) is 0.182. The predicted octanol–water partition coefficient (Wildman–Crippen LogP) is 3.66. The molecule has 2 aromatic rings. The zero-order chi connectivity index (χ0) is 12.5. The smallest absolute Gasteiger partial charge is 0.216 e. The molecule has 0 spiro atoms. The maximum atomic E-state index is 8.86. The van der Waals surface area contributed by atoms with Gasteiger partial charge < -0.3 is 9.63 Å². The number of aromatic nitrogens is 1. The molecule has 1 N–H and O–H groups in total. The molecular formula is C11H8Cl3NO2. The molecule has 1 heterocycles. The van der Waals surface area contributed by atoms with Crippen LogP contribution in [0.3, 0.4) is 0 Å². The first kappa shape index (κ1) is 12.7. The summed E-state index contributed by atoms with van der Waals surface area (Å²) in [6, 6.07) is 8.61.